The summed E-state index contributed by atoms with van der Waals surface area (Å²) in [5.74, 6) is 1.12. The molecule has 0 fully saturated rings. The zero-order valence-corrected chi connectivity index (χ0v) is 12.5. The van der Waals surface area contributed by atoms with Crippen LogP contribution in [0.25, 0.3) is 0 Å². The molecule has 0 bridgehead atoms. The Balaban J connectivity index is 1.81. The second-order valence-electron chi connectivity index (χ2n) is 5.14. The van der Waals surface area contributed by atoms with Crippen LogP contribution in [0.15, 0.2) is 54.6 Å². The maximum Gasteiger partial charge on any atom is 0.220 e. The fraction of sp³-hybridized carbons (Fsp3) is 0.278. The van der Waals surface area contributed by atoms with E-state index in [1.54, 1.807) is 7.11 Å². The van der Waals surface area contributed by atoms with Crippen molar-refractivity contribution in [3.63, 3.8) is 0 Å². The molecule has 110 valence electrons. The Hall–Kier alpha value is -2.29. The minimum absolute atomic E-state index is 0.0715. The lowest BCUT2D eigenvalue weighted by Gasteiger charge is -2.12. The molecule has 0 aliphatic heterocycles. The second-order valence-corrected chi connectivity index (χ2v) is 5.14. The Morgan fingerprint density at radius 1 is 1.10 bits per heavy atom. The molecular formula is C18H21NO2. The van der Waals surface area contributed by atoms with E-state index in [0.29, 0.717) is 13.0 Å². The molecule has 1 atom stereocenters. The molecule has 21 heavy (non-hydrogen) atoms. The van der Waals surface area contributed by atoms with Crippen LogP contribution in [-0.2, 0) is 11.3 Å². The van der Waals surface area contributed by atoms with Crippen LogP contribution in [-0.4, -0.2) is 13.0 Å². The van der Waals surface area contributed by atoms with E-state index in [1.807, 2.05) is 42.5 Å². The standard InChI is InChI=1S/C18H21NO2/c1-14(16-6-4-3-5-7-16)12-18(20)19-13-15-8-10-17(21-2)11-9-15/h3-11,14H,12-13H2,1-2H3,(H,19,20). The highest BCUT2D eigenvalue weighted by atomic mass is 16.5. The first-order valence-corrected chi connectivity index (χ1v) is 7.13. The first-order chi connectivity index (χ1) is 10.2. The summed E-state index contributed by atoms with van der Waals surface area (Å²) in [5.41, 5.74) is 2.26. The van der Waals surface area contributed by atoms with E-state index in [2.05, 4.69) is 24.4 Å². The van der Waals surface area contributed by atoms with E-state index in [0.717, 1.165) is 11.3 Å². The molecule has 0 radical (unpaired) electrons. The van der Waals surface area contributed by atoms with Gasteiger partial charge in [0.05, 0.1) is 7.11 Å². The molecule has 0 aliphatic rings. The fourth-order valence-electron chi connectivity index (χ4n) is 2.19. The van der Waals surface area contributed by atoms with Crippen molar-refractivity contribution in [2.75, 3.05) is 7.11 Å². The number of nitrogens with one attached hydrogen (secondary N) is 1. The van der Waals surface area contributed by atoms with E-state index in [-0.39, 0.29) is 11.8 Å². The number of ether oxygens (including phenoxy) is 1. The predicted molar refractivity (Wildman–Crippen MR) is 84.3 cm³/mol. The van der Waals surface area contributed by atoms with Crippen LogP contribution in [0.1, 0.15) is 30.4 Å². The molecule has 3 heteroatoms. The molecule has 1 amide bonds. The molecule has 0 heterocycles. The maximum atomic E-state index is 12.0. The number of carbonyl (C=O) groups is 1. The molecule has 1 N–H and O–H groups in total. The third kappa shape index (κ3) is 4.63. The Kier molecular flexibility index (Phi) is 5.38. The summed E-state index contributed by atoms with van der Waals surface area (Å²) < 4.78 is 5.11. The first-order valence-electron chi connectivity index (χ1n) is 7.13. The van der Waals surface area contributed by atoms with Gasteiger partial charge < -0.3 is 10.1 Å². The van der Waals surface area contributed by atoms with Gasteiger partial charge in [-0.15, -0.1) is 0 Å². The predicted octanol–water partition coefficient (Wildman–Crippen LogP) is 3.51. The van der Waals surface area contributed by atoms with Crippen LogP contribution in [0.2, 0.25) is 0 Å². The average Bonchev–Trinajstić information content (AvgIpc) is 2.54. The van der Waals surface area contributed by atoms with Crippen molar-refractivity contribution in [3.8, 4) is 5.75 Å². The van der Waals surface area contributed by atoms with Gasteiger partial charge in [-0.1, -0.05) is 49.4 Å². The highest BCUT2D eigenvalue weighted by Crippen LogP contribution is 2.18. The highest BCUT2D eigenvalue weighted by Gasteiger charge is 2.10. The summed E-state index contributed by atoms with van der Waals surface area (Å²) >= 11 is 0. The van der Waals surface area contributed by atoms with Gasteiger partial charge in [0.25, 0.3) is 0 Å². The summed E-state index contributed by atoms with van der Waals surface area (Å²) in [4.78, 5) is 12.0. The van der Waals surface area contributed by atoms with Crippen molar-refractivity contribution in [2.45, 2.75) is 25.8 Å². The maximum absolute atomic E-state index is 12.0. The molecule has 3 nitrogen and oxygen atoms in total. The monoisotopic (exact) mass is 283 g/mol. The van der Waals surface area contributed by atoms with Gasteiger partial charge in [0.15, 0.2) is 0 Å². The molecule has 0 saturated heterocycles. The van der Waals surface area contributed by atoms with E-state index in [4.69, 9.17) is 4.74 Å². The SMILES string of the molecule is COc1ccc(CNC(=O)CC(C)c2ccccc2)cc1. The number of hydrogen-bond donors (Lipinski definition) is 1. The number of carbonyl (C=O) groups excluding carboxylic acids is 1. The second kappa shape index (κ2) is 7.48. The quantitative estimate of drug-likeness (QED) is 0.881. The van der Waals surface area contributed by atoms with Gasteiger partial charge in [0.1, 0.15) is 5.75 Å². The van der Waals surface area contributed by atoms with Crippen LogP contribution < -0.4 is 10.1 Å². The molecule has 0 aromatic heterocycles. The number of hydrogen-bond acceptors (Lipinski definition) is 2. The molecule has 2 aromatic carbocycles. The van der Waals surface area contributed by atoms with E-state index < -0.39 is 0 Å². The summed E-state index contributed by atoms with van der Waals surface area (Å²) in [5, 5.41) is 2.96. The Labute approximate surface area is 126 Å². The summed E-state index contributed by atoms with van der Waals surface area (Å²) in [6.45, 7) is 2.62. The van der Waals surface area contributed by atoms with Gasteiger partial charge in [-0.2, -0.15) is 0 Å². The van der Waals surface area contributed by atoms with Crippen molar-refractivity contribution in [1.29, 1.82) is 0 Å². The Morgan fingerprint density at radius 2 is 1.76 bits per heavy atom. The van der Waals surface area contributed by atoms with Gasteiger partial charge in [0.2, 0.25) is 5.91 Å². The van der Waals surface area contributed by atoms with Gasteiger partial charge >= 0.3 is 0 Å². The van der Waals surface area contributed by atoms with Crippen molar-refractivity contribution < 1.29 is 9.53 Å². The molecule has 0 aliphatic carbocycles. The number of rotatable bonds is 6. The molecule has 2 aromatic rings. The third-order valence-electron chi connectivity index (χ3n) is 3.51. The van der Waals surface area contributed by atoms with E-state index in [1.165, 1.54) is 5.56 Å². The van der Waals surface area contributed by atoms with Crippen molar-refractivity contribution in [2.24, 2.45) is 0 Å². The highest BCUT2D eigenvalue weighted by molar-refractivity contribution is 5.76. The van der Waals surface area contributed by atoms with Crippen LogP contribution >= 0.6 is 0 Å². The van der Waals surface area contributed by atoms with Gasteiger partial charge in [-0.05, 0) is 29.2 Å². The lowest BCUT2D eigenvalue weighted by atomic mass is 9.97. The summed E-state index contributed by atoms with van der Waals surface area (Å²) in [7, 11) is 1.64. The smallest absolute Gasteiger partial charge is 0.220 e. The van der Waals surface area contributed by atoms with Crippen LogP contribution in [0.4, 0.5) is 0 Å². The van der Waals surface area contributed by atoms with Crippen LogP contribution in [0.5, 0.6) is 5.75 Å². The average molecular weight is 283 g/mol. The topological polar surface area (TPSA) is 38.3 Å². The minimum atomic E-state index is 0.0715. The molecule has 1 unspecified atom stereocenters. The lowest BCUT2D eigenvalue weighted by Crippen LogP contribution is -2.24. The summed E-state index contributed by atoms with van der Waals surface area (Å²) in [6, 6.07) is 17.8. The number of amides is 1. The third-order valence-corrected chi connectivity index (χ3v) is 3.51. The minimum Gasteiger partial charge on any atom is -0.497 e. The molecule has 0 saturated carbocycles. The van der Waals surface area contributed by atoms with Gasteiger partial charge in [0, 0.05) is 13.0 Å². The van der Waals surface area contributed by atoms with Gasteiger partial charge in [-0.25, -0.2) is 0 Å². The lowest BCUT2D eigenvalue weighted by molar-refractivity contribution is -0.121. The molecule has 2 rings (SSSR count). The van der Waals surface area contributed by atoms with Crippen molar-refractivity contribution >= 4 is 5.91 Å². The first kappa shape index (κ1) is 15.1. The Bertz CT molecular complexity index is 564. The van der Waals surface area contributed by atoms with Crippen molar-refractivity contribution in [1.82, 2.24) is 5.32 Å². The van der Waals surface area contributed by atoms with Crippen LogP contribution in [0.3, 0.4) is 0 Å². The Morgan fingerprint density at radius 3 is 2.38 bits per heavy atom. The normalized spacial score (nSPS) is 11.7. The summed E-state index contributed by atoms with van der Waals surface area (Å²) in [6.07, 6.45) is 0.500. The molecule has 0 spiro atoms. The van der Waals surface area contributed by atoms with Crippen molar-refractivity contribution in [3.05, 3.63) is 65.7 Å². The molecular weight excluding hydrogens is 262 g/mol. The number of benzene rings is 2. The fourth-order valence-corrected chi connectivity index (χ4v) is 2.19. The number of methoxy groups -OCH3 is 1. The largest absolute Gasteiger partial charge is 0.497 e. The zero-order valence-electron chi connectivity index (χ0n) is 12.5. The van der Waals surface area contributed by atoms with E-state index >= 15 is 0 Å². The van der Waals surface area contributed by atoms with E-state index in [9.17, 15) is 4.79 Å². The zero-order chi connectivity index (χ0) is 15.1. The van der Waals surface area contributed by atoms with Gasteiger partial charge in [-0.3, -0.25) is 4.79 Å². The van der Waals surface area contributed by atoms with Crippen LogP contribution in [0, 0.1) is 0 Å².